The zero-order chi connectivity index (χ0) is 22.0. The van der Waals surface area contributed by atoms with Crippen molar-refractivity contribution in [2.24, 2.45) is 11.8 Å². The molecule has 0 heterocycles. The molecule has 0 saturated heterocycles. The van der Waals surface area contributed by atoms with Crippen LogP contribution < -0.4 is 4.74 Å². The molecular weight excluding hydrogens is 404 g/mol. The number of rotatable bonds is 6. The minimum atomic E-state index is -2.94. The molecule has 1 saturated carbocycles. The van der Waals surface area contributed by atoms with Crippen LogP contribution in [0.4, 0.5) is 17.6 Å². The van der Waals surface area contributed by atoms with Gasteiger partial charge >= 0.3 is 6.61 Å². The fourth-order valence-electron chi connectivity index (χ4n) is 5.51. The Morgan fingerprint density at radius 1 is 1.10 bits per heavy atom. The first-order valence-corrected chi connectivity index (χ1v) is 11.1. The van der Waals surface area contributed by atoms with Crippen molar-refractivity contribution in [1.29, 1.82) is 0 Å². The van der Waals surface area contributed by atoms with E-state index < -0.39 is 18.2 Å². The normalized spacial score (nSPS) is 23.1. The Bertz CT molecular complexity index is 935. The van der Waals surface area contributed by atoms with E-state index in [2.05, 4.69) is 16.9 Å². The van der Waals surface area contributed by atoms with Crippen molar-refractivity contribution in [2.75, 3.05) is 0 Å². The molecule has 2 aromatic carbocycles. The summed E-state index contributed by atoms with van der Waals surface area (Å²) >= 11 is 0. The van der Waals surface area contributed by atoms with E-state index in [4.69, 9.17) is 0 Å². The second-order valence-corrected chi connectivity index (χ2v) is 8.75. The standard InChI is InChI=1S/C26H28F4O/c1-2-3-4-5-16-6-12-20-18(14-16)9-13-21-22(20)15-23(27)24(25(21)28)17-7-10-19(11-8-17)31-26(29)30/h2-3,7-8,10-11,15-16,18,20,26H,4-6,9,12-14H2,1H3. The summed E-state index contributed by atoms with van der Waals surface area (Å²) in [5, 5.41) is 0. The van der Waals surface area contributed by atoms with E-state index >= 15 is 8.78 Å². The van der Waals surface area contributed by atoms with E-state index in [0.717, 1.165) is 37.7 Å². The first-order valence-electron chi connectivity index (χ1n) is 11.1. The molecule has 0 aromatic heterocycles. The SMILES string of the molecule is CC=CCCC1CCC2c3cc(F)c(-c4ccc(OC(F)F)cc4)c(F)c3CCC2C1. The number of hydrogen-bond donors (Lipinski definition) is 0. The van der Waals surface area contributed by atoms with E-state index in [9.17, 15) is 8.78 Å². The smallest absolute Gasteiger partial charge is 0.387 e. The summed E-state index contributed by atoms with van der Waals surface area (Å²) in [6.07, 6.45) is 11.4. The van der Waals surface area contributed by atoms with Gasteiger partial charge in [-0.1, -0.05) is 24.3 Å². The van der Waals surface area contributed by atoms with Crippen LogP contribution in [0, 0.1) is 23.5 Å². The van der Waals surface area contributed by atoms with Crippen LogP contribution in [0.25, 0.3) is 11.1 Å². The molecule has 0 spiro atoms. The number of allylic oxidation sites excluding steroid dienone is 2. The van der Waals surface area contributed by atoms with Gasteiger partial charge in [0.15, 0.2) is 0 Å². The van der Waals surface area contributed by atoms with Crippen LogP contribution >= 0.6 is 0 Å². The Kier molecular flexibility index (Phi) is 6.68. The molecule has 2 aliphatic rings. The highest BCUT2D eigenvalue weighted by molar-refractivity contribution is 5.68. The van der Waals surface area contributed by atoms with Gasteiger partial charge in [-0.05, 0) is 105 Å². The predicted molar refractivity (Wildman–Crippen MR) is 114 cm³/mol. The molecule has 0 radical (unpaired) electrons. The third-order valence-electron chi connectivity index (χ3n) is 6.96. The average Bonchev–Trinajstić information content (AvgIpc) is 2.74. The lowest BCUT2D eigenvalue weighted by molar-refractivity contribution is -0.0498. The molecular formula is C26H28F4O. The number of hydrogen-bond acceptors (Lipinski definition) is 1. The number of alkyl halides is 2. The van der Waals surface area contributed by atoms with Crippen molar-refractivity contribution >= 4 is 0 Å². The molecule has 0 bridgehead atoms. The molecule has 4 rings (SSSR count). The van der Waals surface area contributed by atoms with E-state index in [-0.39, 0.29) is 17.2 Å². The van der Waals surface area contributed by atoms with Crippen LogP contribution in [-0.4, -0.2) is 6.61 Å². The van der Waals surface area contributed by atoms with Crippen LogP contribution in [-0.2, 0) is 6.42 Å². The summed E-state index contributed by atoms with van der Waals surface area (Å²) in [5.41, 5.74) is 1.70. The van der Waals surface area contributed by atoms with Crippen molar-refractivity contribution in [3.63, 3.8) is 0 Å². The molecule has 0 N–H and O–H groups in total. The number of halogens is 4. The Balaban J connectivity index is 1.57. The second-order valence-electron chi connectivity index (χ2n) is 8.75. The van der Waals surface area contributed by atoms with Crippen molar-refractivity contribution in [2.45, 2.75) is 64.4 Å². The van der Waals surface area contributed by atoms with Crippen molar-refractivity contribution in [3.05, 3.63) is 65.2 Å². The van der Waals surface area contributed by atoms with Crippen LogP contribution in [0.1, 0.15) is 62.5 Å². The number of fused-ring (bicyclic) bond motifs is 3. The van der Waals surface area contributed by atoms with Gasteiger partial charge in [0, 0.05) is 0 Å². The second kappa shape index (κ2) is 9.46. The van der Waals surface area contributed by atoms with Crippen molar-refractivity contribution < 1.29 is 22.3 Å². The van der Waals surface area contributed by atoms with Gasteiger partial charge in [-0.2, -0.15) is 8.78 Å². The average molecular weight is 433 g/mol. The van der Waals surface area contributed by atoms with E-state index in [0.29, 0.717) is 29.4 Å². The predicted octanol–water partition coefficient (Wildman–Crippen LogP) is 8.04. The minimum absolute atomic E-state index is 0.0356. The molecule has 1 fully saturated rings. The molecule has 2 aromatic rings. The van der Waals surface area contributed by atoms with Gasteiger partial charge in [0.05, 0.1) is 5.56 Å². The molecule has 5 heteroatoms. The Morgan fingerprint density at radius 2 is 1.87 bits per heavy atom. The lowest BCUT2D eigenvalue weighted by atomic mass is 9.64. The van der Waals surface area contributed by atoms with Crippen molar-refractivity contribution in [1.82, 2.24) is 0 Å². The molecule has 0 amide bonds. The van der Waals surface area contributed by atoms with E-state index in [1.165, 1.54) is 36.8 Å². The molecule has 2 aliphatic carbocycles. The maximum Gasteiger partial charge on any atom is 0.387 e. The summed E-state index contributed by atoms with van der Waals surface area (Å²) in [4.78, 5) is 0. The van der Waals surface area contributed by atoms with Crippen molar-refractivity contribution in [3.8, 4) is 16.9 Å². The van der Waals surface area contributed by atoms with Gasteiger partial charge in [0.25, 0.3) is 0 Å². The third kappa shape index (κ3) is 4.65. The zero-order valence-electron chi connectivity index (χ0n) is 17.7. The van der Waals surface area contributed by atoms with Crippen LogP contribution in [0.2, 0.25) is 0 Å². The highest BCUT2D eigenvalue weighted by Gasteiger charge is 2.37. The Hall–Kier alpha value is -2.30. The summed E-state index contributed by atoms with van der Waals surface area (Å²) in [5.74, 6) is 0.281. The molecule has 3 atom stereocenters. The fraction of sp³-hybridized carbons (Fsp3) is 0.462. The minimum Gasteiger partial charge on any atom is -0.435 e. The van der Waals surface area contributed by atoms with Gasteiger partial charge < -0.3 is 4.74 Å². The number of benzene rings is 2. The van der Waals surface area contributed by atoms with E-state index in [1.54, 1.807) is 0 Å². The summed E-state index contributed by atoms with van der Waals surface area (Å²) in [7, 11) is 0. The fourth-order valence-corrected chi connectivity index (χ4v) is 5.51. The van der Waals surface area contributed by atoms with E-state index in [1.807, 2.05) is 6.92 Å². The lowest BCUT2D eigenvalue weighted by Gasteiger charge is -2.41. The maximum atomic E-state index is 15.5. The Labute approximate surface area is 181 Å². The summed E-state index contributed by atoms with van der Waals surface area (Å²) < 4.78 is 59.6. The van der Waals surface area contributed by atoms with Crippen LogP contribution in [0.3, 0.4) is 0 Å². The van der Waals surface area contributed by atoms with Crippen LogP contribution in [0.15, 0.2) is 42.5 Å². The molecule has 1 nitrogen and oxygen atoms in total. The highest BCUT2D eigenvalue weighted by atomic mass is 19.3. The van der Waals surface area contributed by atoms with Gasteiger partial charge in [-0.25, -0.2) is 8.78 Å². The molecule has 3 unspecified atom stereocenters. The first kappa shape index (κ1) is 21.9. The third-order valence-corrected chi connectivity index (χ3v) is 6.96. The van der Waals surface area contributed by atoms with Crippen LogP contribution in [0.5, 0.6) is 5.75 Å². The Morgan fingerprint density at radius 3 is 2.58 bits per heavy atom. The topological polar surface area (TPSA) is 9.23 Å². The summed E-state index contributed by atoms with van der Waals surface area (Å²) in [6.45, 7) is -0.896. The quantitative estimate of drug-likeness (QED) is 0.332. The molecule has 31 heavy (non-hydrogen) atoms. The lowest BCUT2D eigenvalue weighted by Crippen LogP contribution is -2.29. The summed E-state index contributed by atoms with van der Waals surface area (Å²) in [6, 6.07) is 6.99. The monoisotopic (exact) mass is 432 g/mol. The maximum absolute atomic E-state index is 15.5. The zero-order valence-corrected chi connectivity index (χ0v) is 17.7. The highest BCUT2D eigenvalue weighted by Crippen LogP contribution is 2.49. The molecule has 166 valence electrons. The van der Waals surface area contributed by atoms with Gasteiger partial charge in [-0.15, -0.1) is 0 Å². The first-order chi connectivity index (χ1) is 15.0. The number of ether oxygens (including phenoxy) is 1. The van der Waals surface area contributed by atoms with Gasteiger partial charge in [-0.3, -0.25) is 0 Å². The molecule has 0 aliphatic heterocycles. The van der Waals surface area contributed by atoms with Gasteiger partial charge in [0.2, 0.25) is 0 Å². The van der Waals surface area contributed by atoms with Gasteiger partial charge in [0.1, 0.15) is 17.4 Å². The largest absolute Gasteiger partial charge is 0.435 e.